The lowest BCUT2D eigenvalue weighted by atomic mass is 10.1. The molecule has 5 heteroatoms. The highest BCUT2D eigenvalue weighted by molar-refractivity contribution is 5.71. The Bertz CT molecular complexity index is 353. The molecule has 1 aromatic heterocycles. The molecular formula is C10H15FN4. The zero-order valence-corrected chi connectivity index (χ0v) is 9.16. The number of nitrogens with two attached hydrogens (primary N) is 1. The van der Waals surface area contributed by atoms with Gasteiger partial charge in [-0.1, -0.05) is 13.8 Å². The summed E-state index contributed by atoms with van der Waals surface area (Å²) >= 11 is 0. The van der Waals surface area contributed by atoms with Crippen LogP contribution in [0.3, 0.4) is 0 Å². The van der Waals surface area contributed by atoms with Crippen molar-refractivity contribution < 1.29 is 4.39 Å². The Kier molecular flexibility index (Phi) is 3.71. The van der Waals surface area contributed by atoms with Gasteiger partial charge in [-0.2, -0.15) is 9.37 Å². The van der Waals surface area contributed by atoms with Gasteiger partial charge in [-0.05, 0) is 19.3 Å². The molecule has 0 spiro atoms. The summed E-state index contributed by atoms with van der Waals surface area (Å²) in [5.74, 6) is 0.438. The van der Waals surface area contributed by atoms with Crippen molar-refractivity contribution >= 4 is 17.7 Å². The molecule has 0 bridgehead atoms. The van der Waals surface area contributed by atoms with E-state index in [-0.39, 0.29) is 5.82 Å². The van der Waals surface area contributed by atoms with Crippen LogP contribution in [0, 0.1) is 18.9 Å². The molecule has 0 saturated heterocycles. The lowest BCUT2D eigenvalue weighted by Crippen LogP contribution is -2.00. The largest absolute Gasteiger partial charge is 0.382 e. The minimum atomic E-state index is -0.813. The van der Waals surface area contributed by atoms with Crippen molar-refractivity contribution in [3.05, 3.63) is 11.8 Å². The number of rotatable bonds is 3. The molecule has 82 valence electrons. The van der Waals surface area contributed by atoms with Crippen molar-refractivity contribution in [2.45, 2.75) is 27.2 Å². The Morgan fingerprint density at radius 3 is 2.73 bits per heavy atom. The second-order valence-electron chi connectivity index (χ2n) is 3.48. The maximum atomic E-state index is 12.7. The van der Waals surface area contributed by atoms with Gasteiger partial charge in [-0.3, -0.25) is 4.99 Å². The molecule has 0 aliphatic heterocycles. The molecule has 0 aliphatic carbocycles. The number of halogens is 1. The Hall–Kier alpha value is -1.52. The van der Waals surface area contributed by atoms with Gasteiger partial charge in [0.25, 0.3) is 0 Å². The number of aliphatic imine (C=N–C) groups is 1. The predicted octanol–water partition coefficient (Wildman–Crippen LogP) is 2.25. The molecule has 0 aromatic carbocycles. The third-order valence-corrected chi connectivity index (χ3v) is 2.16. The van der Waals surface area contributed by atoms with Crippen LogP contribution in [-0.4, -0.2) is 16.2 Å². The average Bonchev–Trinajstić information content (AvgIpc) is 2.15. The fourth-order valence-corrected chi connectivity index (χ4v) is 1.02. The molecule has 1 aromatic rings. The zero-order valence-electron chi connectivity index (χ0n) is 9.16. The third kappa shape index (κ3) is 2.97. The van der Waals surface area contributed by atoms with Gasteiger partial charge in [0.1, 0.15) is 5.69 Å². The first-order chi connectivity index (χ1) is 7.04. The van der Waals surface area contributed by atoms with Gasteiger partial charge in [-0.15, -0.1) is 0 Å². The quantitative estimate of drug-likeness (QED) is 0.614. The van der Waals surface area contributed by atoms with E-state index in [0.29, 0.717) is 17.3 Å². The molecule has 0 saturated carbocycles. The smallest absolute Gasteiger partial charge is 0.310 e. The average molecular weight is 210 g/mol. The molecule has 0 fully saturated rings. The van der Waals surface area contributed by atoms with Gasteiger partial charge < -0.3 is 5.73 Å². The highest BCUT2D eigenvalue weighted by atomic mass is 19.1. The minimum Gasteiger partial charge on any atom is -0.382 e. The SMILES string of the molecule is CCC(C)C=Nc1c(C)nc(F)nc1N. The van der Waals surface area contributed by atoms with Gasteiger partial charge in [-0.25, -0.2) is 4.98 Å². The topological polar surface area (TPSA) is 64.2 Å². The van der Waals surface area contributed by atoms with Crippen LogP contribution in [0.1, 0.15) is 26.0 Å². The number of anilines is 1. The van der Waals surface area contributed by atoms with Crippen LogP contribution in [0.2, 0.25) is 0 Å². The summed E-state index contributed by atoms with van der Waals surface area (Å²) in [6.45, 7) is 5.76. The number of aryl methyl sites for hydroxylation is 1. The summed E-state index contributed by atoms with van der Waals surface area (Å²) in [6.07, 6.45) is 1.96. The molecule has 4 nitrogen and oxygen atoms in total. The molecule has 1 unspecified atom stereocenters. The lowest BCUT2D eigenvalue weighted by Gasteiger charge is -2.04. The number of hydrogen-bond acceptors (Lipinski definition) is 4. The molecule has 0 amide bonds. The van der Waals surface area contributed by atoms with E-state index in [0.717, 1.165) is 6.42 Å². The Labute approximate surface area is 88.5 Å². The van der Waals surface area contributed by atoms with E-state index in [1.165, 1.54) is 0 Å². The second-order valence-corrected chi connectivity index (χ2v) is 3.48. The van der Waals surface area contributed by atoms with E-state index < -0.39 is 6.08 Å². The van der Waals surface area contributed by atoms with E-state index in [9.17, 15) is 4.39 Å². The molecule has 0 aliphatic rings. The fraction of sp³-hybridized carbons (Fsp3) is 0.500. The molecule has 1 rings (SSSR count). The van der Waals surface area contributed by atoms with Crippen molar-refractivity contribution in [2.75, 3.05) is 5.73 Å². The molecule has 2 N–H and O–H groups in total. The normalized spacial score (nSPS) is 13.3. The van der Waals surface area contributed by atoms with Crippen LogP contribution >= 0.6 is 0 Å². The first kappa shape index (κ1) is 11.6. The molecular weight excluding hydrogens is 195 g/mol. The van der Waals surface area contributed by atoms with E-state index >= 15 is 0 Å². The van der Waals surface area contributed by atoms with Crippen LogP contribution < -0.4 is 5.73 Å². The summed E-state index contributed by atoms with van der Waals surface area (Å²) in [5.41, 5.74) is 6.46. The van der Waals surface area contributed by atoms with Gasteiger partial charge in [0, 0.05) is 6.21 Å². The highest BCUT2D eigenvalue weighted by Crippen LogP contribution is 2.22. The van der Waals surface area contributed by atoms with Crippen molar-refractivity contribution in [1.82, 2.24) is 9.97 Å². The van der Waals surface area contributed by atoms with Crippen molar-refractivity contribution in [2.24, 2.45) is 10.9 Å². The molecule has 15 heavy (non-hydrogen) atoms. The van der Waals surface area contributed by atoms with Gasteiger partial charge in [0.05, 0.1) is 5.69 Å². The summed E-state index contributed by atoms with van der Waals surface area (Å²) in [5, 5.41) is 0. The summed E-state index contributed by atoms with van der Waals surface area (Å²) in [6, 6.07) is 0. The fourth-order valence-electron chi connectivity index (χ4n) is 1.02. The summed E-state index contributed by atoms with van der Waals surface area (Å²) in [4.78, 5) is 11.2. The van der Waals surface area contributed by atoms with E-state index in [1.807, 2.05) is 6.92 Å². The van der Waals surface area contributed by atoms with Crippen molar-refractivity contribution in [1.29, 1.82) is 0 Å². The molecule has 1 heterocycles. The number of hydrogen-bond donors (Lipinski definition) is 1. The predicted molar refractivity (Wildman–Crippen MR) is 58.7 cm³/mol. The number of nitrogens with zero attached hydrogens (tertiary/aromatic N) is 3. The maximum absolute atomic E-state index is 12.7. The summed E-state index contributed by atoms with van der Waals surface area (Å²) in [7, 11) is 0. The van der Waals surface area contributed by atoms with E-state index in [4.69, 9.17) is 5.73 Å². The Balaban J connectivity index is 3.00. The Morgan fingerprint density at radius 1 is 1.53 bits per heavy atom. The first-order valence-corrected chi connectivity index (χ1v) is 4.88. The van der Waals surface area contributed by atoms with E-state index in [1.54, 1.807) is 13.1 Å². The first-order valence-electron chi connectivity index (χ1n) is 4.88. The van der Waals surface area contributed by atoms with Crippen molar-refractivity contribution in [3.63, 3.8) is 0 Å². The maximum Gasteiger partial charge on any atom is 0.310 e. The standard InChI is InChI=1S/C10H15FN4/c1-4-6(2)5-13-8-7(3)14-10(11)15-9(8)12/h5-6H,4H2,1-3H3,(H2,12,14,15). The zero-order chi connectivity index (χ0) is 11.4. The third-order valence-electron chi connectivity index (χ3n) is 2.16. The van der Waals surface area contributed by atoms with Gasteiger partial charge >= 0.3 is 6.08 Å². The van der Waals surface area contributed by atoms with Gasteiger partial charge in [0.2, 0.25) is 0 Å². The van der Waals surface area contributed by atoms with Crippen LogP contribution in [-0.2, 0) is 0 Å². The molecule has 0 radical (unpaired) electrons. The van der Waals surface area contributed by atoms with E-state index in [2.05, 4.69) is 21.9 Å². The van der Waals surface area contributed by atoms with Crippen LogP contribution in [0.4, 0.5) is 15.9 Å². The highest BCUT2D eigenvalue weighted by Gasteiger charge is 2.07. The minimum absolute atomic E-state index is 0.0829. The number of nitrogen functional groups attached to an aromatic ring is 1. The molecule has 1 atom stereocenters. The second kappa shape index (κ2) is 4.82. The summed E-state index contributed by atoms with van der Waals surface area (Å²) < 4.78 is 12.7. The van der Waals surface area contributed by atoms with Gasteiger partial charge in [0.15, 0.2) is 5.82 Å². The van der Waals surface area contributed by atoms with Crippen LogP contribution in [0.25, 0.3) is 0 Å². The number of aromatic nitrogens is 2. The Morgan fingerprint density at radius 2 is 2.20 bits per heavy atom. The monoisotopic (exact) mass is 210 g/mol. The lowest BCUT2D eigenvalue weighted by molar-refractivity contribution is 0.537. The van der Waals surface area contributed by atoms with Crippen LogP contribution in [0.5, 0.6) is 0 Å². The van der Waals surface area contributed by atoms with Crippen LogP contribution in [0.15, 0.2) is 4.99 Å². The van der Waals surface area contributed by atoms with Crippen molar-refractivity contribution in [3.8, 4) is 0 Å².